The summed E-state index contributed by atoms with van der Waals surface area (Å²) in [4.78, 5) is 9.97. The van der Waals surface area contributed by atoms with Gasteiger partial charge in [-0.15, -0.1) is 0 Å². The minimum Gasteiger partial charge on any atom is -0.361 e. The molecule has 1 aromatic carbocycles. The fraction of sp³-hybridized carbons (Fsp3) is 0.333. The second kappa shape index (κ2) is 6.07. The van der Waals surface area contributed by atoms with Gasteiger partial charge < -0.3 is 9.51 Å². The van der Waals surface area contributed by atoms with Gasteiger partial charge in [-0.05, 0) is 26.0 Å². The topological polar surface area (TPSA) is 58.0 Å². The Morgan fingerprint density at radius 1 is 1.28 bits per heavy atom. The predicted molar refractivity (Wildman–Crippen MR) is 87.7 cm³/mol. The summed E-state index contributed by atoms with van der Waals surface area (Å²) in [5, 5.41) is 3.99. The minimum absolute atomic E-state index is 0.285. The lowest BCUT2D eigenvalue weighted by Crippen LogP contribution is -2.30. The molecule has 2 aromatic heterocycles. The number of halogens is 2. The van der Waals surface area contributed by atoms with Gasteiger partial charge in [-0.1, -0.05) is 5.16 Å². The molecule has 3 heterocycles. The van der Waals surface area contributed by atoms with Crippen molar-refractivity contribution < 1.29 is 13.3 Å². The molecule has 0 fully saturated rings. The van der Waals surface area contributed by atoms with Crippen molar-refractivity contribution >= 4 is 0 Å². The highest BCUT2D eigenvalue weighted by Crippen LogP contribution is 2.26. The molecule has 130 valence electrons. The molecule has 0 aliphatic carbocycles. The molecular weight excluding hydrogens is 326 g/mol. The van der Waals surface area contributed by atoms with E-state index in [1.165, 1.54) is 12.1 Å². The van der Waals surface area contributed by atoms with Gasteiger partial charge in [-0.3, -0.25) is 4.90 Å². The largest absolute Gasteiger partial charge is 0.361 e. The molecule has 0 spiro atoms. The Bertz CT molecular complexity index is 912. The maximum Gasteiger partial charge on any atom is 0.140 e. The van der Waals surface area contributed by atoms with Crippen molar-refractivity contribution in [3.8, 4) is 11.4 Å². The first-order valence-electron chi connectivity index (χ1n) is 8.18. The maximum absolute atomic E-state index is 14.0. The molecular formula is C18H18F2N4O. The average Bonchev–Trinajstić information content (AvgIpc) is 3.12. The van der Waals surface area contributed by atoms with E-state index in [1.807, 2.05) is 13.8 Å². The molecule has 0 bridgehead atoms. The quantitative estimate of drug-likeness (QED) is 0.790. The molecule has 0 saturated carbocycles. The normalized spacial score (nSPS) is 14.7. The number of H-pyrrole nitrogens is 1. The van der Waals surface area contributed by atoms with E-state index in [0.717, 1.165) is 54.0 Å². The zero-order valence-corrected chi connectivity index (χ0v) is 14.1. The standard InChI is InChI=1S/C18H18F2N4O/c1-10-14(11(2)25-23-10)8-24-6-5-16-17(9-24)22-18(21-16)13-4-3-12(19)7-15(13)20/h3-4,7H,5-6,8-9H2,1-2H3,(H,21,22). The lowest BCUT2D eigenvalue weighted by atomic mass is 10.1. The highest BCUT2D eigenvalue weighted by atomic mass is 19.1. The van der Waals surface area contributed by atoms with E-state index < -0.39 is 11.6 Å². The number of rotatable bonds is 3. The summed E-state index contributed by atoms with van der Waals surface area (Å²) in [6.45, 7) is 6.14. The number of hydrogen-bond acceptors (Lipinski definition) is 4. The van der Waals surface area contributed by atoms with Crippen molar-refractivity contribution in [2.45, 2.75) is 33.4 Å². The third-order valence-corrected chi connectivity index (χ3v) is 4.66. The predicted octanol–water partition coefficient (Wildman–Crippen LogP) is 3.52. The van der Waals surface area contributed by atoms with Gasteiger partial charge in [0.1, 0.15) is 23.2 Å². The molecule has 0 amide bonds. The summed E-state index contributed by atoms with van der Waals surface area (Å²) < 4.78 is 32.3. The third kappa shape index (κ3) is 2.95. The zero-order chi connectivity index (χ0) is 17.6. The van der Waals surface area contributed by atoms with Gasteiger partial charge in [-0.25, -0.2) is 13.8 Å². The Kier molecular flexibility index (Phi) is 3.88. The molecule has 1 aliphatic heterocycles. The number of aryl methyl sites for hydroxylation is 2. The summed E-state index contributed by atoms with van der Waals surface area (Å²) in [5.41, 5.74) is 4.20. The average molecular weight is 344 g/mol. The summed E-state index contributed by atoms with van der Waals surface area (Å²) in [5.74, 6) is 0.0746. The molecule has 1 aliphatic rings. The van der Waals surface area contributed by atoms with Crippen LogP contribution in [0.5, 0.6) is 0 Å². The zero-order valence-electron chi connectivity index (χ0n) is 14.1. The summed E-state index contributed by atoms with van der Waals surface area (Å²) >= 11 is 0. The molecule has 0 radical (unpaired) electrons. The Morgan fingerprint density at radius 3 is 2.84 bits per heavy atom. The van der Waals surface area contributed by atoms with Gasteiger partial charge in [0.2, 0.25) is 0 Å². The fourth-order valence-corrected chi connectivity index (χ4v) is 3.24. The molecule has 25 heavy (non-hydrogen) atoms. The molecule has 4 rings (SSSR count). The van der Waals surface area contributed by atoms with E-state index in [0.29, 0.717) is 12.4 Å². The number of imidazole rings is 1. The van der Waals surface area contributed by atoms with E-state index in [2.05, 4.69) is 20.0 Å². The van der Waals surface area contributed by atoms with Crippen LogP contribution in [0.4, 0.5) is 8.78 Å². The molecule has 3 aromatic rings. The second-order valence-corrected chi connectivity index (χ2v) is 6.40. The van der Waals surface area contributed by atoms with E-state index in [1.54, 1.807) is 0 Å². The van der Waals surface area contributed by atoms with E-state index in [9.17, 15) is 8.78 Å². The van der Waals surface area contributed by atoms with E-state index in [4.69, 9.17) is 4.52 Å². The molecule has 7 heteroatoms. The van der Waals surface area contributed by atoms with Gasteiger partial charge >= 0.3 is 0 Å². The van der Waals surface area contributed by atoms with Crippen molar-refractivity contribution in [3.63, 3.8) is 0 Å². The van der Waals surface area contributed by atoms with Crippen LogP contribution in [0.1, 0.15) is 28.4 Å². The van der Waals surface area contributed by atoms with Crippen LogP contribution >= 0.6 is 0 Å². The lowest BCUT2D eigenvalue weighted by Gasteiger charge is -2.25. The highest BCUT2D eigenvalue weighted by molar-refractivity contribution is 5.57. The summed E-state index contributed by atoms with van der Waals surface area (Å²) in [6, 6.07) is 3.53. The van der Waals surface area contributed by atoms with Crippen LogP contribution in [0.25, 0.3) is 11.4 Å². The first-order chi connectivity index (χ1) is 12.0. The Hall–Kier alpha value is -2.54. The van der Waals surface area contributed by atoms with Crippen LogP contribution in [0.15, 0.2) is 22.7 Å². The van der Waals surface area contributed by atoms with Crippen molar-refractivity contribution in [2.24, 2.45) is 0 Å². The van der Waals surface area contributed by atoms with E-state index in [-0.39, 0.29) is 5.56 Å². The lowest BCUT2D eigenvalue weighted by molar-refractivity contribution is 0.239. The molecule has 0 unspecified atom stereocenters. The molecule has 1 N–H and O–H groups in total. The SMILES string of the molecule is Cc1noc(C)c1CN1CCc2nc(-c3ccc(F)cc3F)[nH]c2C1. The van der Waals surface area contributed by atoms with Gasteiger partial charge in [0.05, 0.1) is 22.6 Å². The number of benzene rings is 1. The molecule has 0 saturated heterocycles. The van der Waals surface area contributed by atoms with Gasteiger partial charge in [0, 0.05) is 37.7 Å². The van der Waals surface area contributed by atoms with Crippen molar-refractivity contribution in [3.05, 3.63) is 58.2 Å². The smallest absolute Gasteiger partial charge is 0.140 e. The first kappa shape index (κ1) is 16.0. The van der Waals surface area contributed by atoms with Crippen molar-refractivity contribution in [1.82, 2.24) is 20.0 Å². The van der Waals surface area contributed by atoms with Crippen molar-refractivity contribution in [2.75, 3.05) is 6.54 Å². The number of nitrogens with one attached hydrogen (secondary N) is 1. The maximum atomic E-state index is 14.0. The Morgan fingerprint density at radius 2 is 2.12 bits per heavy atom. The second-order valence-electron chi connectivity index (χ2n) is 6.40. The number of fused-ring (bicyclic) bond motifs is 1. The minimum atomic E-state index is -0.612. The first-order valence-corrected chi connectivity index (χ1v) is 8.18. The Labute approximate surface area is 143 Å². The molecule has 5 nitrogen and oxygen atoms in total. The number of nitrogens with zero attached hydrogens (tertiary/aromatic N) is 3. The van der Waals surface area contributed by atoms with Gasteiger partial charge in [-0.2, -0.15) is 0 Å². The van der Waals surface area contributed by atoms with Crippen LogP contribution < -0.4 is 0 Å². The van der Waals surface area contributed by atoms with Crippen LogP contribution in [0.3, 0.4) is 0 Å². The number of aromatic nitrogens is 3. The van der Waals surface area contributed by atoms with Crippen LogP contribution in [-0.4, -0.2) is 26.6 Å². The monoisotopic (exact) mass is 344 g/mol. The van der Waals surface area contributed by atoms with Crippen LogP contribution in [0, 0.1) is 25.5 Å². The third-order valence-electron chi connectivity index (χ3n) is 4.66. The molecule has 0 atom stereocenters. The number of hydrogen-bond donors (Lipinski definition) is 1. The van der Waals surface area contributed by atoms with E-state index >= 15 is 0 Å². The Balaban J connectivity index is 1.57. The summed E-state index contributed by atoms with van der Waals surface area (Å²) in [7, 11) is 0. The fourth-order valence-electron chi connectivity index (χ4n) is 3.24. The number of aromatic amines is 1. The van der Waals surface area contributed by atoms with Crippen LogP contribution in [-0.2, 0) is 19.5 Å². The van der Waals surface area contributed by atoms with Gasteiger partial charge in [0.15, 0.2) is 0 Å². The van der Waals surface area contributed by atoms with Crippen molar-refractivity contribution in [1.29, 1.82) is 0 Å². The summed E-state index contributed by atoms with van der Waals surface area (Å²) in [6.07, 6.45) is 0.776. The highest BCUT2D eigenvalue weighted by Gasteiger charge is 2.23. The van der Waals surface area contributed by atoms with Crippen LogP contribution in [0.2, 0.25) is 0 Å². The van der Waals surface area contributed by atoms with Gasteiger partial charge in [0.25, 0.3) is 0 Å².